The van der Waals surface area contributed by atoms with E-state index < -0.39 is 5.82 Å². The number of halogens is 2. The van der Waals surface area contributed by atoms with Crippen molar-refractivity contribution >= 4 is 33.1 Å². The third-order valence-corrected chi connectivity index (χ3v) is 5.15. The zero-order valence-corrected chi connectivity index (χ0v) is 14.1. The fraction of sp³-hybridized carbons (Fsp3) is 0.533. The van der Waals surface area contributed by atoms with Gasteiger partial charge in [0.15, 0.2) is 11.6 Å². The Morgan fingerprint density at radius 3 is 2.65 bits per heavy atom. The van der Waals surface area contributed by atoms with E-state index in [4.69, 9.17) is 22.7 Å². The van der Waals surface area contributed by atoms with Crippen LogP contribution in [0.5, 0.6) is 5.75 Å². The minimum absolute atomic E-state index is 0.0817. The van der Waals surface area contributed by atoms with E-state index in [0.717, 1.165) is 19.3 Å². The number of benzene rings is 1. The molecule has 0 saturated heterocycles. The van der Waals surface area contributed by atoms with Gasteiger partial charge in [-0.2, -0.15) is 0 Å². The van der Waals surface area contributed by atoms with Gasteiger partial charge >= 0.3 is 0 Å². The van der Waals surface area contributed by atoms with E-state index in [1.165, 1.54) is 0 Å². The lowest BCUT2D eigenvalue weighted by atomic mass is 9.80. The first-order chi connectivity index (χ1) is 9.40. The van der Waals surface area contributed by atoms with Crippen molar-refractivity contribution in [1.29, 1.82) is 0 Å². The van der Waals surface area contributed by atoms with Crippen molar-refractivity contribution in [2.75, 3.05) is 0 Å². The Morgan fingerprint density at radius 1 is 1.35 bits per heavy atom. The smallest absolute Gasteiger partial charge is 0.179 e. The number of thiocarbonyl (C=S) groups is 1. The molecular weight excluding hydrogens is 341 g/mol. The van der Waals surface area contributed by atoms with Gasteiger partial charge in [0.2, 0.25) is 0 Å². The van der Waals surface area contributed by atoms with Crippen LogP contribution in [0.15, 0.2) is 16.6 Å². The molecule has 3 unspecified atom stereocenters. The fourth-order valence-corrected chi connectivity index (χ4v) is 3.44. The predicted octanol–water partition coefficient (Wildman–Crippen LogP) is 4.43. The molecule has 1 saturated carbocycles. The summed E-state index contributed by atoms with van der Waals surface area (Å²) in [6, 6.07) is 3.30. The zero-order valence-electron chi connectivity index (χ0n) is 11.7. The van der Waals surface area contributed by atoms with Gasteiger partial charge in [-0.25, -0.2) is 4.39 Å². The molecule has 1 fully saturated rings. The van der Waals surface area contributed by atoms with Crippen LogP contribution in [0.2, 0.25) is 0 Å². The van der Waals surface area contributed by atoms with Gasteiger partial charge in [-0.15, -0.1) is 0 Å². The molecule has 0 amide bonds. The highest BCUT2D eigenvalue weighted by Gasteiger charge is 2.27. The first kappa shape index (κ1) is 15.7. The lowest BCUT2D eigenvalue weighted by Gasteiger charge is -2.32. The van der Waals surface area contributed by atoms with Crippen LogP contribution >= 0.6 is 28.1 Å². The fourth-order valence-electron chi connectivity index (χ4n) is 2.60. The predicted molar refractivity (Wildman–Crippen MR) is 86.6 cm³/mol. The Bertz CT molecular complexity index is 523. The van der Waals surface area contributed by atoms with E-state index in [9.17, 15) is 4.39 Å². The van der Waals surface area contributed by atoms with Crippen molar-refractivity contribution in [2.45, 2.75) is 39.2 Å². The van der Waals surface area contributed by atoms with E-state index in [1.54, 1.807) is 12.1 Å². The minimum atomic E-state index is -0.429. The second-order valence-electron chi connectivity index (χ2n) is 5.61. The average Bonchev–Trinajstić information content (AvgIpc) is 2.39. The van der Waals surface area contributed by atoms with Gasteiger partial charge in [-0.3, -0.25) is 0 Å². The van der Waals surface area contributed by atoms with Crippen LogP contribution in [0.25, 0.3) is 0 Å². The SMILES string of the molecule is CC1CCC(Oc2ccc(C(N)=S)c(Br)c2F)CC1C. The van der Waals surface area contributed by atoms with E-state index in [-0.39, 0.29) is 21.3 Å². The summed E-state index contributed by atoms with van der Waals surface area (Å²) in [5.41, 5.74) is 6.04. The van der Waals surface area contributed by atoms with Crippen LogP contribution in [0, 0.1) is 17.7 Å². The Kier molecular flexibility index (Phi) is 5.02. The molecule has 20 heavy (non-hydrogen) atoms. The highest BCUT2D eigenvalue weighted by molar-refractivity contribution is 9.10. The summed E-state index contributed by atoms with van der Waals surface area (Å²) in [5.74, 6) is 1.16. The minimum Gasteiger partial charge on any atom is -0.487 e. The molecule has 1 aliphatic carbocycles. The summed E-state index contributed by atoms with van der Waals surface area (Å²) >= 11 is 8.08. The van der Waals surface area contributed by atoms with Crippen molar-refractivity contribution in [3.63, 3.8) is 0 Å². The molecule has 0 spiro atoms. The quantitative estimate of drug-likeness (QED) is 0.811. The first-order valence-electron chi connectivity index (χ1n) is 6.84. The largest absolute Gasteiger partial charge is 0.487 e. The van der Waals surface area contributed by atoms with E-state index in [2.05, 4.69) is 29.8 Å². The number of hydrogen-bond donors (Lipinski definition) is 1. The molecule has 0 aliphatic heterocycles. The van der Waals surface area contributed by atoms with Gasteiger partial charge in [-0.05, 0) is 59.2 Å². The first-order valence-corrected chi connectivity index (χ1v) is 8.04. The van der Waals surface area contributed by atoms with Gasteiger partial charge in [0, 0.05) is 5.56 Å². The van der Waals surface area contributed by atoms with Crippen LogP contribution in [0.1, 0.15) is 38.7 Å². The number of nitrogens with two attached hydrogens (primary N) is 1. The van der Waals surface area contributed by atoms with Crippen molar-refractivity contribution < 1.29 is 9.13 Å². The van der Waals surface area contributed by atoms with Crippen LogP contribution in [-0.4, -0.2) is 11.1 Å². The Morgan fingerprint density at radius 2 is 2.05 bits per heavy atom. The monoisotopic (exact) mass is 359 g/mol. The van der Waals surface area contributed by atoms with E-state index >= 15 is 0 Å². The summed E-state index contributed by atoms with van der Waals surface area (Å²) < 4.78 is 20.4. The standard InChI is InChI=1S/C15H19BrFNOS/c1-8-3-4-10(7-9(8)2)19-12-6-5-11(15(18)20)13(16)14(12)17/h5-6,8-10H,3-4,7H2,1-2H3,(H2,18,20). The molecule has 0 heterocycles. The molecule has 3 atom stereocenters. The Labute approximate surface area is 133 Å². The Hall–Kier alpha value is -0.680. The second kappa shape index (κ2) is 6.39. The lowest BCUT2D eigenvalue weighted by Crippen LogP contribution is -2.29. The molecule has 0 aromatic heterocycles. The number of ether oxygens (including phenoxy) is 1. The summed E-state index contributed by atoms with van der Waals surface area (Å²) in [7, 11) is 0. The molecule has 0 bridgehead atoms. The lowest BCUT2D eigenvalue weighted by molar-refractivity contribution is 0.0966. The maximum absolute atomic E-state index is 14.3. The normalized spacial score (nSPS) is 26.3. The van der Waals surface area contributed by atoms with Crippen molar-refractivity contribution in [1.82, 2.24) is 0 Å². The average molecular weight is 360 g/mol. The summed E-state index contributed by atoms with van der Waals surface area (Å²) in [4.78, 5) is 0.169. The molecule has 5 heteroatoms. The van der Waals surface area contributed by atoms with Crippen molar-refractivity contribution in [3.05, 3.63) is 28.0 Å². The molecular formula is C15H19BrFNOS. The highest BCUT2D eigenvalue weighted by atomic mass is 79.9. The maximum Gasteiger partial charge on any atom is 0.179 e. The third-order valence-electron chi connectivity index (χ3n) is 4.16. The van der Waals surface area contributed by atoms with Crippen LogP contribution in [0.3, 0.4) is 0 Å². The molecule has 2 nitrogen and oxygen atoms in total. The van der Waals surface area contributed by atoms with Gasteiger partial charge in [-0.1, -0.05) is 26.1 Å². The van der Waals surface area contributed by atoms with Gasteiger partial charge in [0.05, 0.1) is 10.6 Å². The molecule has 110 valence electrons. The van der Waals surface area contributed by atoms with E-state index in [0.29, 0.717) is 17.4 Å². The van der Waals surface area contributed by atoms with Crippen LogP contribution in [-0.2, 0) is 0 Å². The second-order valence-corrected chi connectivity index (χ2v) is 6.84. The van der Waals surface area contributed by atoms with Crippen molar-refractivity contribution in [2.24, 2.45) is 17.6 Å². The molecule has 1 aromatic carbocycles. The van der Waals surface area contributed by atoms with E-state index in [1.807, 2.05) is 0 Å². The third kappa shape index (κ3) is 3.31. The summed E-state index contributed by atoms with van der Waals surface area (Å²) in [6.45, 7) is 4.48. The maximum atomic E-state index is 14.3. The van der Waals surface area contributed by atoms with Gasteiger partial charge in [0.25, 0.3) is 0 Å². The summed E-state index contributed by atoms with van der Waals surface area (Å²) in [5, 5.41) is 0. The van der Waals surface area contributed by atoms with Gasteiger partial charge < -0.3 is 10.5 Å². The van der Waals surface area contributed by atoms with Gasteiger partial charge in [0.1, 0.15) is 4.99 Å². The molecule has 0 radical (unpaired) electrons. The molecule has 2 N–H and O–H groups in total. The highest BCUT2D eigenvalue weighted by Crippen LogP contribution is 2.34. The van der Waals surface area contributed by atoms with Crippen LogP contribution < -0.4 is 10.5 Å². The zero-order chi connectivity index (χ0) is 14.9. The molecule has 2 rings (SSSR count). The summed E-state index contributed by atoms with van der Waals surface area (Å²) in [6.07, 6.45) is 3.15. The number of rotatable bonds is 3. The van der Waals surface area contributed by atoms with Crippen LogP contribution in [0.4, 0.5) is 4.39 Å². The topological polar surface area (TPSA) is 35.2 Å². The van der Waals surface area contributed by atoms with Crippen molar-refractivity contribution in [3.8, 4) is 5.75 Å². The Balaban J connectivity index is 2.14. The molecule has 1 aromatic rings. The molecule has 1 aliphatic rings. The number of hydrogen-bond acceptors (Lipinski definition) is 2.